The molecule has 0 saturated carbocycles. The fourth-order valence-corrected chi connectivity index (χ4v) is 11.8. The predicted octanol–water partition coefficient (Wildman–Crippen LogP) is 6.90. The number of nitrogens with zero attached hydrogens (tertiary/aromatic N) is 6. The zero-order chi connectivity index (χ0) is 54.8. The van der Waals surface area contributed by atoms with E-state index in [-0.39, 0.29) is 31.0 Å². The van der Waals surface area contributed by atoms with Gasteiger partial charge < -0.3 is 39.6 Å². The van der Waals surface area contributed by atoms with E-state index in [2.05, 4.69) is 37.7 Å². The Morgan fingerprint density at radius 3 is 2.25 bits per heavy atom. The highest BCUT2D eigenvalue weighted by atomic mass is 16.6. The van der Waals surface area contributed by atoms with Gasteiger partial charge in [-0.1, -0.05) is 116 Å². The van der Waals surface area contributed by atoms with E-state index in [9.17, 15) is 9.90 Å². The number of aliphatic hydroxyl groups excluding tert-OH is 1. The Morgan fingerprint density at radius 2 is 1.53 bits per heavy atom. The topological polar surface area (TPSA) is 207 Å². The number of methoxy groups -OCH3 is 1. The molecule has 3 N–H and O–H groups in total. The van der Waals surface area contributed by atoms with Crippen LogP contribution in [0.1, 0.15) is 59.9 Å². The molecule has 18 heteroatoms. The summed E-state index contributed by atoms with van der Waals surface area (Å²) in [5, 5.41) is 24.5. The summed E-state index contributed by atoms with van der Waals surface area (Å²) in [6, 6.07) is 39.8. The van der Waals surface area contributed by atoms with Crippen molar-refractivity contribution in [2.75, 3.05) is 61.7 Å². The lowest BCUT2D eigenvalue weighted by molar-refractivity contribution is -0.177. The third-order valence-electron chi connectivity index (χ3n) is 15.3. The molecule has 0 bridgehead atoms. The van der Waals surface area contributed by atoms with Crippen LogP contribution in [0.3, 0.4) is 0 Å². The highest BCUT2D eigenvalue weighted by Gasteiger charge is 2.75. The Hall–Kier alpha value is -8.89. The summed E-state index contributed by atoms with van der Waals surface area (Å²) in [5.41, 5.74) is 3.12. The van der Waals surface area contributed by atoms with Gasteiger partial charge in [0.15, 0.2) is 0 Å². The number of carbonyl (C=O) groups excluding carboxylic acids is 5. The van der Waals surface area contributed by atoms with Gasteiger partial charge in [-0.2, -0.15) is 0 Å². The fourth-order valence-electron chi connectivity index (χ4n) is 11.8. The molecular formula is C61H58N8O10. The van der Waals surface area contributed by atoms with Gasteiger partial charge in [0.1, 0.15) is 48.0 Å². The first-order valence-corrected chi connectivity index (χ1v) is 26.3. The lowest BCUT2D eigenvalue weighted by Gasteiger charge is -2.46. The standard InChI is InChI=1S/C61H58N8O10/c1-38(2)51(57(72)76-3)63-60(75)68-48-28-23-39(14-13-29-67-49-22-11-10-21-47(49)64-65-67)36-46(48)61(59(68)74)50(56(71)62-43-24-26-44(27-25-43)66-30-33-77-34-31-66)53-58(73)79-54(41-17-8-5-9-18-41)52(40-15-6-4-7-16-40)69(53)55(61)42-19-12-20-45(37-42)78-35-32-70/h4-12,15-28,36-38,50-55,70H,29-35H2,1-3H3,(H,62,71)(H,63,75)/t50-,51+,52-,53-,54+,55+,61-/m1/s1. The van der Waals surface area contributed by atoms with Crippen LogP contribution in [0.5, 0.6) is 5.75 Å². The van der Waals surface area contributed by atoms with E-state index in [1.165, 1.54) is 7.11 Å². The van der Waals surface area contributed by atoms with Gasteiger partial charge >= 0.3 is 18.0 Å². The number of anilines is 3. The van der Waals surface area contributed by atoms with Crippen LogP contribution in [0, 0.1) is 23.7 Å². The van der Waals surface area contributed by atoms with Crippen LogP contribution in [0.15, 0.2) is 152 Å². The van der Waals surface area contributed by atoms with E-state index in [1.807, 2.05) is 102 Å². The van der Waals surface area contributed by atoms with E-state index < -0.39 is 77.3 Å². The average Bonchev–Trinajstić information content (AvgIpc) is 4.11. The van der Waals surface area contributed by atoms with Crippen LogP contribution in [0.25, 0.3) is 11.0 Å². The molecule has 3 fully saturated rings. The molecule has 18 nitrogen and oxygen atoms in total. The molecule has 1 spiro atoms. The van der Waals surface area contributed by atoms with E-state index in [4.69, 9.17) is 18.9 Å². The molecule has 0 unspecified atom stereocenters. The first-order chi connectivity index (χ1) is 38.5. The number of esters is 2. The number of cyclic esters (lactones) is 1. The summed E-state index contributed by atoms with van der Waals surface area (Å²) in [6.45, 7) is 5.76. The quantitative estimate of drug-likeness (QED) is 0.0794. The SMILES string of the molecule is COC(=O)[C@@H](NC(=O)N1C(=O)[C@@]2(c3cc(C#CCn4nnc5ccccc54)ccc31)[C@H](c1cccc(OCCO)c1)N1[C@H](c3ccccc3)[C@H](c3ccccc3)OC(=O)[C@H]1[C@@H]2C(=O)Nc1ccc(N2CCOCC2)cc1)C(C)C. The number of rotatable bonds is 13. The number of hydrogen-bond donors (Lipinski definition) is 3. The smallest absolute Gasteiger partial charge is 0.329 e. The molecule has 79 heavy (non-hydrogen) atoms. The maximum Gasteiger partial charge on any atom is 0.329 e. The van der Waals surface area contributed by atoms with Crippen molar-refractivity contribution in [2.24, 2.45) is 11.8 Å². The van der Waals surface area contributed by atoms with Crippen LogP contribution in [0.4, 0.5) is 21.9 Å². The highest BCUT2D eigenvalue weighted by molar-refractivity contribution is 6.25. The number of aliphatic hydroxyl groups is 1. The number of benzene rings is 6. The van der Waals surface area contributed by atoms with Gasteiger partial charge in [-0.15, -0.1) is 5.10 Å². The second-order valence-corrected chi connectivity index (χ2v) is 20.1. The van der Waals surface area contributed by atoms with Gasteiger partial charge in [0.25, 0.3) is 0 Å². The minimum Gasteiger partial charge on any atom is -0.491 e. The number of para-hydroxylation sites is 1. The Morgan fingerprint density at radius 1 is 0.823 bits per heavy atom. The first-order valence-electron chi connectivity index (χ1n) is 26.3. The Labute approximate surface area is 456 Å². The molecular weight excluding hydrogens is 1000 g/mol. The van der Waals surface area contributed by atoms with Crippen molar-refractivity contribution in [1.29, 1.82) is 0 Å². The molecule has 4 aliphatic rings. The van der Waals surface area contributed by atoms with Crippen molar-refractivity contribution in [3.05, 3.63) is 179 Å². The monoisotopic (exact) mass is 1060 g/mol. The number of ether oxygens (including phenoxy) is 4. The molecule has 0 aliphatic carbocycles. The Bertz CT molecular complexity index is 3490. The third kappa shape index (κ3) is 9.59. The van der Waals surface area contributed by atoms with Gasteiger partial charge in [0.2, 0.25) is 11.8 Å². The van der Waals surface area contributed by atoms with Crippen molar-refractivity contribution in [1.82, 2.24) is 25.2 Å². The largest absolute Gasteiger partial charge is 0.491 e. The predicted molar refractivity (Wildman–Crippen MR) is 293 cm³/mol. The van der Waals surface area contributed by atoms with Crippen LogP contribution in [-0.2, 0) is 45.3 Å². The number of morpholine rings is 2. The number of fused-ring (bicyclic) bond motifs is 4. The fraction of sp³-hybridized carbons (Fsp3) is 0.295. The molecule has 0 radical (unpaired) electrons. The van der Waals surface area contributed by atoms with Crippen LogP contribution in [0.2, 0.25) is 0 Å². The molecule has 4 amide bonds. The molecule has 4 aliphatic heterocycles. The van der Waals surface area contributed by atoms with Crippen LogP contribution in [-0.4, -0.2) is 113 Å². The molecule has 3 saturated heterocycles. The number of aromatic nitrogens is 3. The second-order valence-electron chi connectivity index (χ2n) is 20.1. The van der Waals surface area contributed by atoms with Gasteiger partial charge in [0, 0.05) is 30.0 Å². The molecule has 7 aromatic rings. The number of imide groups is 1. The summed E-state index contributed by atoms with van der Waals surface area (Å²) in [4.78, 5) is 82.7. The molecule has 402 valence electrons. The van der Waals surface area contributed by atoms with E-state index in [0.717, 1.165) is 16.1 Å². The lowest BCUT2D eigenvalue weighted by atomic mass is 9.65. The Kier molecular flexibility index (Phi) is 14.7. The van der Waals surface area contributed by atoms with Crippen molar-refractivity contribution in [3.8, 4) is 17.6 Å². The summed E-state index contributed by atoms with van der Waals surface area (Å²) < 4.78 is 25.1. The first kappa shape index (κ1) is 52.2. The summed E-state index contributed by atoms with van der Waals surface area (Å²) in [7, 11) is 1.21. The highest BCUT2D eigenvalue weighted by Crippen LogP contribution is 2.66. The Balaban J connectivity index is 1.17. The maximum atomic E-state index is 17.0. The number of amides is 4. The summed E-state index contributed by atoms with van der Waals surface area (Å²) >= 11 is 0. The minimum absolute atomic E-state index is 0.0602. The van der Waals surface area contributed by atoms with E-state index in [1.54, 1.807) is 73.1 Å². The van der Waals surface area contributed by atoms with E-state index >= 15 is 19.2 Å². The zero-order valence-electron chi connectivity index (χ0n) is 43.7. The van der Waals surface area contributed by atoms with Gasteiger partial charge in [-0.3, -0.25) is 19.3 Å². The lowest BCUT2D eigenvalue weighted by Crippen LogP contribution is -2.57. The zero-order valence-corrected chi connectivity index (χ0v) is 43.7. The normalized spacial score (nSPS) is 21.9. The van der Waals surface area contributed by atoms with Gasteiger partial charge in [-0.05, 0) is 94.9 Å². The number of nitrogens with one attached hydrogen (secondary N) is 2. The third-order valence-corrected chi connectivity index (χ3v) is 15.3. The summed E-state index contributed by atoms with van der Waals surface area (Å²) in [6.07, 6.45) is -0.984. The second kappa shape index (κ2) is 22.2. The molecule has 5 heterocycles. The number of hydrogen-bond acceptors (Lipinski definition) is 14. The molecule has 11 rings (SSSR count). The van der Waals surface area contributed by atoms with Crippen LogP contribution >= 0.6 is 0 Å². The molecule has 6 aromatic carbocycles. The number of urea groups is 1. The van der Waals surface area contributed by atoms with Gasteiger partial charge in [0.05, 0.1) is 56.1 Å². The van der Waals surface area contributed by atoms with E-state index in [0.29, 0.717) is 65.5 Å². The average molecular weight is 1060 g/mol. The van der Waals surface area contributed by atoms with Crippen molar-refractivity contribution in [3.63, 3.8) is 0 Å². The molecule has 1 aromatic heterocycles. The molecule has 7 atom stereocenters. The van der Waals surface area contributed by atoms with Crippen molar-refractivity contribution in [2.45, 2.75) is 56.1 Å². The van der Waals surface area contributed by atoms with Gasteiger partial charge in [-0.25, -0.2) is 19.2 Å². The maximum absolute atomic E-state index is 17.0. The minimum atomic E-state index is -2.18. The van der Waals surface area contributed by atoms with Crippen LogP contribution < -0.4 is 25.2 Å². The summed E-state index contributed by atoms with van der Waals surface area (Å²) in [5.74, 6) is 1.59. The van der Waals surface area contributed by atoms with Crippen molar-refractivity contribution < 1.29 is 48.0 Å². The van der Waals surface area contributed by atoms with Crippen molar-refractivity contribution >= 4 is 57.9 Å². The number of carbonyl (C=O) groups is 5.